The second-order valence-electron chi connectivity index (χ2n) is 7.85. The molecule has 2 aliphatic heterocycles. The van der Waals surface area contributed by atoms with E-state index in [1.807, 2.05) is 30.3 Å². The topological polar surface area (TPSA) is 86.8 Å². The molecule has 7 heteroatoms. The van der Waals surface area contributed by atoms with Crippen molar-refractivity contribution in [2.24, 2.45) is 0 Å². The number of pyridine rings is 1. The van der Waals surface area contributed by atoms with E-state index >= 15 is 0 Å². The molecule has 0 amide bonds. The first-order valence-corrected chi connectivity index (χ1v) is 10.4. The third kappa shape index (κ3) is 3.80. The number of H-pyrrole nitrogens is 1. The molecule has 0 saturated carbocycles. The van der Waals surface area contributed by atoms with Crippen molar-refractivity contribution in [3.05, 3.63) is 58.4 Å². The number of hydrogen-bond acceptors (Lipinski definition) is 6. The molecule has 7 nitrogen and oxygen atoms in total. The smallest absolute Gasteiger partial charge is 0.253 e. The first-order valence-electron chi connectivity index (χ1n) is 10.4. The summed E-state index contributed by atoms with van der Waals surface area (Å²) in [5.74, 6) is 1.37. The predicted octanol–water partition coefficient (Wildman–Crippen LogP) is 2.87. The van der Waals surface area contributed by atoms with Crippen molar-refractivity contribution in [2.75, 3.05) is 36.5 Å². The third-order valence-electron chi connectivity index (χ3n) is 5.70. The molecule has 1 saturated heterocycles. The zero-order chi connectivity index (χ0) is 20.5. The second kappa shape index (κ2) is 7.91. The average Bonchev–Trinajstić information content (AvgIpc) is 2.77. The molecule has 5 rings (SSSR count). The largest absolute Gasteiger partial charge is 0.486 e. The Balaban J connectivity index is 1.31. The first-order chi connectivity index (χ1) is 14.7. The summed E-state index contributed by atoms with van der Waals surface area (Å²) in [6.07, 6.45) is 1.63. The summed E-state index contributed by atoms with van der Waals surface area (Å²) in [5, 5.41) is 14.1. The lowest BCUT2D eigenvalue weighted by Gasteiger charge is -2.32. The van der Waals surface area contributed by atoms with E-state index in [1.54, 1.807) is 0 Å². The number of aromatic amines is 1. The van der Waals surface area contributed by atoms with Gasteiger partial charge in [-0.05, 0) is 49.2 Å². The number of aromatic nitrogens is 1. The monoisotopic (exact) mass is 407 g/mol. The van der Waals surface area contributed by atoms with Crippen LogP contribution in [0.1, 0.15) is 18.4 Å². The molecule has 2 aliphatic rings. The van der Waals surface area contributed by atoms with Crippen molar-refractivity contribution in [3.8, 4) is 11.5 Å². The Hall–Kier alpha value is -3.19. The number of rotatable bonds is 4. The zero-order valence-corrected chi connectivity index (χ0v) is 16.7. The number of aliphatic hydroxyl groups excluding tert-OH is 1. The normalized spacial score (nSPS) is 18.4. The van der Waals surface area contributed by atoms with E-state index in [-0.39, 0.29) is 11.7 Å². The highest BCUT2D eigenvalue weighted by Gasteiger charge is 2.18. The minimum Gasteiger partial charge on any atom is -0.486 e. The number of anilines is 2. The van der Waals surface area contributed by atoms with Crippen molar-refractivity contribution in [1.29, 1.82) is 0 Å². The molecule has 1 aromatic heterocycles. The Morgan fingerprint density at radius 1 is 1.10 bits per heavy atom. The van der Waals surface area contributed by atoms with Crippen LogP contribution < -0.4 is 25.2 Å². The summed E-state index contributed by atoms with van der Waals surface area (Å²) in [6, 6.07) is 13.7. The Morgan fingerprint density at radius 3 is 2.63 bits per heavy atom. The van der Waals surface area contributed by atoms with Gasteiger partial charge in [-0.15, -0.1) is 0 Å². The molecule has 3 N–H and O–H groups in total. The standard InChI is InChI=1S/C23H25N3O4/c27-19-2-1-7-26(14-19)18-5-3-17(4-6-18)24-13-16-10-15-11-21-22(30-9-8-29-21)12-20(15)25-23(16)28/h3-6,10-12,19,24,27H,1-2,7-9,13-14H2,(H,25,28)/t19-/m0/s1. The number of nitrogens with zero attached hydrogens (tertiary/aromatic N) is 1. The lowest BCUT2D eigenvalue weighted by atomic mass is 10.1. The van der Waals surface area contributed by atoms with Crippen LogP contribution in [0.4, 0.5) is 11.4 Å². The molecule has 0 spiro atoms. The van der Waals surface area contributed by atoms with E-state index in [4.69, 9.17) is 9.47 Å². The van der Waals surface area contributed by atoms with E-state index in [1.165, 1.54) is 0 Å². The third-order valence-corrected chi connectivity index (χ3v) is 5.70. The number of β-amino-alcohol motifs (C(OH)–C–C–N with tert-alkyl or cyclic N) is 1. The number of ether oxygens (including phenoxy) is 2. The van der Waals surface area contributed by atoms with Gasteiger partial charge < -0.3 is 29.8 Å². The summed E-state index contributed by atoms with van der Waals surface area (Å²) in [7, 11) is 0. The van der Waals surface area contributed by atoms with Crippen LogP contribution in [0.25, 0.3) is 10.9 Å². The van der Waals surface area contributed by atoms with Crippen LogP contribution in [0.3, 0.4) is 0 Å². The van der Waals surface area contributed by atoms with Gasteiger partial charge in [0.2, 0.25) is 0 Å². The SMILES string of the molecule is O=c1[nH]c2cc3c(cc2cc1CNc1ccc(N2CCC[C@H](O)C2)cc1)OCCO3. The van der Waals surface area contributed by atoms with Gasteiger partial charge >= 0.3 is 0 Å². The molecular formula is C23H25N3O4. The van der Waals surface area contributed by atoms with E-state index in [0.29, 0.717) is 43.4 Å². The highest BCUT2D eigenvalue weighted by Crippen LogP contribution is 2.33. The summed E-state index contributed by atoms with van der Waals surface area (Å²) in [4.78, 5) is 17.7. The molecule has 3 heterocycles. The fraction of sp³-hybridized carbons (Fsp3) is 0.348. The number of aliphatic hydroxyl groups is 1. The molecule has 3 aromatic rings. The summed E-state index contributed by atoms with van der Waals surface area (Å²) >= 11 is 0. The van der Waals surface area contributed by atoms with Gasteiger partial charge in [0.25, 0.3) is 5.56 Å². The summed E-state index contributed by atoms with van der Waals surface area (Å²) in [6.45, 7) is 3.11. The Bertz CT molecular complexity index is 1110. The Kier molecular flexibility index (Phi) is 4.96. The molecule has 0 bridgehead atoms. The number of hydrogen-bond donors (Lipinski definition) is 3. The maximum absolute atomic E-state index is 12.5. The van der Waals surface area contributed by atoms with Crippen molar-refractivity contribution in [2.45, 2.75) is 25.5 Å². The van der Waals surface area contributed by atoms with Gasteiger partial charge in [0.15, 0.2) is 11.5 Å². The summed E-state index contributed by atoms with van der Waals surface area (Å²) in [5.41, 5.74) is 3.32. The number of fused-ring (bicyclic) bond motifs is 2. The number of nitrogens with one attached hydrogen (secondary N) is 2. The van der Waals surface area contributed by atoms with Gasteiger partial charge in [0.1, 0.15) is 13.2 Å². The molecule has 1 atom stereocenters. The maximum atomic E-state index is 12.5. The number of piperidine rings is 1. The van der Waals surface area contributed by atoms with E-state index in [2.05, 4.69) is 27.3 Å². The second-order valence-corrected chi connectivity index (χ2v) is 7.85. The van der Waals surface area contributed by atoms with Gasteiger partial charge in [0, 0.05) is 48.0 Å². The van der Waals surface area contributed by atoms with Crippen LogP contribution in [-0.2, 0) is 6.54 Å². The maximum Gasteiger partial charge on any atom is 0.253 e. The minimum atomic E-state index is -0.251. The van der Waals surface area contributed by atoms with E-state index in [0.717, 1.165) is 41.7 Å². The van der Waals surface area contributed by atoms with Crippen molar-refractivity contribution >= 4 is 22.3 Å². The highest BCUT2D eigenvalue weighted by molar-refractivity contribution is 5.83. The fourth-order valence-electron chi connectivity index (χ4n) is 4.10. The Labute approximate surface area is 174 Å². The van der Waals surface area contributed by atoms with Crippen molar-refractivity contribution in [1.82, 2.24) is 4.98 Å². The molecular weight excluding hydrogens is 382 g/mol. The van der Waals surface area contributed by atoms with E-state index < -0.39 is 0 Å². The van der Waals surface area contributed by atoms with Gasteiger partial charge in [-0.2, -0.15) is 0 Å². The highest BCUT2D eigenvalue weighted by atomic mass is 16.6. The van der Waals surface area contributed by atoms with Crippen LogP contribution in [0, 0.1) is 0 Å². The van der Waals surface area contributed by atoms with Crippen molar-refractivity contribution in [3.63, 3.8) is 0 Å². The van der Waals surface area contributed by atoms with Gasteiger partial charge in [-0.25, -0.2) is 0 Å². The Morgan fingerprint density at radius 2 is 1.87 bits per heavy atom. The van der Waals surface area contributed by atoms with Crippen molar-refractivity contribution < 1.29 is 14.6 Å². The van der Waals surface area contributed by atoms with Crippen LogP contribution in [0.2, 0.25) is 0 Å². The number of benzene rings is 2. The zero-order valence-electron chi connectivity index (χ0n) is 16.7. The molecule has 0 unspecified atom stereocenters. The minimum absolute atomic E-state index is 0.120. The fourth-order valence-corrected chi connectivity index (χ4v) is 4.10. The molecule has 2 aromatic carbocycles. The van der Waals surface area contributed by atoms with Gasteiger partial charge in [-0.3, -0.25) is 4.79 Å². The van der Waals surface area contributed by atoms with Gasteiger partial charge in [-0.1, -0.05) is 0 Å². The van der Waals surface area contributed by atoms with Crippen LogP contribution >= 0.6 is 0 Å². The predicted molar refractivity (Wildman–Crippen MR) is 117 cm³/mol. The average molecular weight is 407 g/mol. The lowest BCUT2D eigenvalue weighted by Crippen LogP contribution is -2.38. The quantitative estimate of drug-likeness (QED) is 0.617. The molecule has 30 heavy (non-hydrogen) atoms. The van der Waals surface area contributed by atoms with Crippen LogP contribution in [0.5, 0.6) is 11.5 Å². The lowest BCUT2D eigenvalue weighted by molar-refractivity contribution is 0.154. The molecule has 0 radical (unpaired) electrons. The first kappa shape index (κ1) is 18.8. The summed E-state index contributed by atoms with van der Waals surface area (Å²) < 4.78 is 11.2. The van der Waals surface area contributed by atoms with Gasteiger partial charge in [0.05, 0.1) is 11.6 Å². The molecule has 1 fully saturated rings. The van der Waals surface area contributed by atoms with Crippen LogP contribution in [0.15, 0.2) is 47.3 Å². The molecule has 156 valence electrons. The molecule has 0 aliphatic carbocycles. The van der Waals surface area contributed by atoms with Crippen LogP contribution in [-0.4, -0.2) is 42.5 Å². The van der Waals surface area contributed by atoms with E-state index in [9.17, 15) is 9.90 Å².